The van der Waals surface area contributed by atoms with Crippen LogP contribution in [0.3, 0.4) is 0 Å². The lowest BCUT2D eigenvalue weighted by molar-refractivity contribution is -0.140. The van der Waals surface area contributed by atoms with Gasteiger partial charge in [0.05, 0.1) is 23.9 Å². The van der Waals surface area contributed by atoms with Crippen molar-refractivity contribution in [1.82, 2.24) is 14.1 Å². The van der Waals surface area contributed by atoms with E-state index in [1.807, 2.05) is 65.6 Å². The van der Waals surface area contributed by atoms with Gasteiger partial charge in [0.1, 0.15) is 0 Å². The SMILES string of the molecule is O=C1C[C@H](N2CCN(S(=O)(=O)c3ccc4ccccc4c3)CC2)C(=O)N1Cc1ccccc1. The molecule has 0 bridgehead atoms. The van der Waals surface area contributed by atoms with Gasteiger partial charge < -0.3 is 0 Å². The Hall–Kier alpha value is -3.07. The average molecular weight is 464 g/mol. The Kier molecular flexibility index (Phi) is 5.74. The summed E-state index contributed by atoms with van der Waals surface area (Å²) in [5.41, 5.74) is 0.908. The van der Waals surface area contributed by atoms with Crippen LogP contribution in [-0.2, 0) is 26.2 Å². The molecule has 2 aliphatic rings. The molecule has 2 saturated heterocycles. The van der Waals surface area contributed by atoms with Crippen molar-refractivity contribution in [3.63, 3.8) is 0 Å². The van der Waals surface area contributed by atoms with Gasteiger partial charge in [0.15, 0.2) is 0 Å². The number of hydrogen-bond donors (Lipinski definition) is 0. The zero-order valence-electron chi connectivity index (χ0n) is 18.1. The first-order chi connectivity index (χ1) is 15.9. The van der Waals surface area contributed by atoms with Crippen molar-refractivity contribution in [1.29, 1.82) is 0 Å². The zero-order chi connectivity index (χ0) is 23.0. The topological polar surface area (TPSA) is 78.0 Å². The van der Waals surface area contributed by atoms with Gasteiger partial charge in [-0.25, -0.2) is 8.42 Å². The molecule has 2 amide bonds. The van der Waals surface area contributed by atoms with E-state index in [0.717, 1.165) is 16.3 Å². The van der Waals surface area contributed by atoms with Gasteiger partial charge in [-0.05, 0) is 28.5 Å². The fourth-order valence-corrected chi connectivity index (χ4v) is 6.07. The minimum atomic E-state index is -3.63. The fraction of sp³-hybridized carbons (Fsp3) is 0.280. The molecule has 7 nitrogen and oxygen atoms in total. The standard InChI is InChI=1S/C25H25N3O4S/c29-24-17-23(25(30)28(24)18-19-6-2-1-3-7-19)26-12-14-27(15-13-26)33(31,32)22-11-10-20-8-4-5-9-21(20)16-22/h1-11,16,23H,12-15,17-18H2/t23-/m0/s1. The predicted octanol–water partition coefficient (Wildman–Crippen LogP) is 2.47. The number of nitrogens with zero attached hydrogens (tertiary/aromatic N) is 3. The van der Waals surface area contributed by atoms with Crippen LogP contribution in [0.2, 0.25) is 0 Å². The van der Waals surface area contributed by atoms with Crippen LogP contribution in [0.25, 0.3) is 10.8 Å². The first kappa shape index (κ1) is 21.8. The minimum absolute atomic E-state index is 0.142. The van der Waals surface area contributed by atoms with E-state index in [1.54, 1.807) is 12.1 Å². The third-order valence-corrected chi connectivity index (χ3v) is 8.37. The van der Waals surface area contributed by atoms with E-state index in [0.29, 0.717) is 13.1 Å². The molecule has 2 fully saturated rings. The van der Waals surface area contributed by atoms with E-state index in [9.17, 15) is 18.0 Å². The van der Waals surface area contributed by atoms with E-state index in [-0.39, 0.29) is 42.8 Å². The molecule has 0 N–H and O–H groups in total. The molecule has 0 aliphatic carbocycles. The third kappa shape index (κ3) is 4.17. The van der Waals surface area contributed by atoms with Crippen LogP contribution in [0.5, 0.6) is 0 Å². The lowest BCUT2D eigenvalue weighted by Gasteiger charge is -2.36. The molecule has 8 heteroatoms. The number of imide groups is 1. The molecule has 0 unspecified atom stereocenters. The van der Waals surface area contributed by atoms with Crippen molar-refractivity contribution in [2.45, 2.75) is 23.9 Å². The maximum absolute atomic E-state index is 13.2. The van der Waals surface area contributed by atoms with Gasteiger partial charge in [0.2, 0.25) is 21.8 Å². The summed E-state index contributed by atoms with van der Waals surface area (Å²) >= 11 is 0. The number of rotatable bonds is 5. The van der Waals surface area contributed by atoms with Crippen molar-refractivity contribution in [3.05, 3.63) is 78.4 Å². The van der Waals surface area contributed by atoms with Gasteiger partial charge >= 0.3 is 0 Å². The Bertz CT molecular complexity index is 1300. The summed E-state index contributed by atoms with van der Waals surface area (Å²) < 4.78 is 27.9. The van der Waals surface area contributed by atoms with E-state index >= 15 is 0 Å². The normalized spacial score (nSPS) is 20.6. The van der Waals surface area contributed by atoms with Gasteiger partial charge in [0, 0.05) is 26.2 Å². The lowest BCUT2D eigenvalue weighted by atomic mass is 10.1. The highest BCUT2D eigenvalue weighted by molar-refractivity contribution is 7.89. The van der Waals surface area contributed by atoms with Crippen molar-refractivity contribution < 1.29 is 18.0 Å². The van der Waals surface area contributed by atoms with Crippen molar-refractivity contribution in [2.75, 3.05) is 26.2 Å². The Morgan fingerprint density at radius 1 is 0.788 bits per heavy atom. The number of likely N-dealkylation sites (tertiary alicyclic amines) is 1. The number of carbonyl (C=O) groups excluding carboxylic acids is 2. The van der Waals surface area contributed by atoms with Crippen molar-refractivity contribution >= 4 is 32.6 Å². The van der Waals surface area contributed by atoms with Gasteiger partial charge in [-0.2, -0.15) is 4.31 Å². The first-order valence-corrected chi connectivity index (χ1v) is 12.5. The van der Waals surface area contributed by atoms with Gasteiger partial charge in [0.25, 0.3) is 0 Å². The highest BCUT2D eigenvalue weighted by Crippen LogP contribution is 2.26. The number of amides is 2. The minimum Gasteiger partial charge on any atom is -0.289 e. The Morgan fingerprint density at radius 3 is 2.18 bits per heavy atom. The van der Waals surface area contributed by atoms with Crippen LogP contribution in [-0.4, -0.2) is 66.6 Å². The molecular weight excluding hydrogens is 438 g/mol. The first-order valence-electron chi connectivity index (χ1n) is 11.0. The molecular formula is C25H25N3O4S. The molecule has 0 spiro atoms. The van der Waals surface area contributed by atoms with Crippen LogP contribution in [0.15, 0.2) is 77.7 Å². The van der Waals surface area contributed by atoms with E-state index in [2.05, 4.69) is 0 Å². The molecule has 2 aliphatic heterocycles. The summed E-state index contributed by atoms with van der Waals surface area (Å²) in [6, 6.07) is 21.8. The third-order valence-electron chi connectivity index (χ3n) is 6.48. The summed E-state index contributed by atoms with van der Waals surface area (Å²) in [7, 11) is -3.63. The summed E-state index contributed by atoms with van der Waals surface area (Å²) in [5, 5.41) is 1.87. The molecule has 2 heterocycles. The van der Waals surface area contributed by atoms with Gasteiger partial charge in [-0.1, -0.05) is 60.7 Å². The monoisotopic (exact) mass is 463 g/mol. The van der Waals surface area contributed by atoms with Crippen molar-refractivity contribution in [3.8, 4) is 0 Å². The molecule has 3 aromatic carbocycles. The van der Waals surface area contributed by atoms with Crippen LogP contribution < -0.4 is 0 Å². The molecule has 0 saturated carbocycles. The Balaban J connectivity index is 1.26. The van der Waals surface area contributed by atoms with E-state index in [4.69, 9.17) is 0 Å². The Labute approximate surface area is 193 Å². The Morgan fingerprint density at radius 2 is 1.45 bits per heavy atom. The van der Waals surface area contributed by atoms with Crippen LogP contribution in [0, 0.1) is 0 Å². The largest absolute Gasteiger partial charge is 0.289 e. The number of piperazine rings is 1. The predicted molar refractivity (Wildman–Crippen MR) is 125 cm³/mol. The summed E-state index contributed by atoms with van der Waals surface area (Å²) in [6.07, 6.45) is 0.142. The van der Waals surface area contributed by atoms with Gasteiger partial charge in [-0.3, -0.25) is 19.4 Å². The average Bonchev–Trinajstić information content (AvgIpc) is 3.13. The zero-order valence-corrected chi connectivity index (χ0v) is 18.9. The van der Waals surface area contributed by atoms with Crippen LogP contribution >= 0.6 is 0 Å². The summed E-state index contributed by atoms with van der Waals surface area (Å²) in [4.78, 5) is 29.0. The highest BCUT2D eigenvalue weighted by atomic mass is 32.2. The lowest BCUT2D eigenvalue weighted by Crippen LogP contribution is -2.53. The van der Waals surface area contributed by atoms with Crippen LogP contribution in [0.4, 0.5) is 0 Å². The van der Waals surface area contributed by atoms with Crippen LogP contribution in [0.1, 0.15) is 12.0 Å². The number of sulfonamides is 1. The summed E-state index contributed by atoms with van der Waals surface area (Å²) in [5.74, 6) is -0.380. The number of benzene rings is 3. The highest BCUT2D eigenvalue weighted by Gasteiger charge is 2.43. The molecule has 1 atom stereocenters. The quantitative estimate of drug-likeness (QED) is 0.544. The fourth-order valence-electron chi connectivity index (χ4n) is 4.62. The second-order valence-electron chi connectivity index (χ2n) is 8.47. The molecule has 5 rings (SSSR count). The maximum atomic E-state index is 13.2. The smallest absolute Gasteiger partial charge is 0.247 e. The number of carbonyl (C=O) groups is 2. The second-order valence-corrected chi connectivity index (χ2v) is 10.4. The summed E-state index contributed by atoms with van der Waals surface area (Å²) in [6.45, 7) is 1.66. The molecule has 170 valence electrons. The molecule has 3 aromatic rings. The van der Waals surface area contributed by atoms with Crippen molar-refractivity contribution in [2.24, 2.45) is 0 Å². The number of fused-ring (bicyclic) bond motifs is 1. The number of hydrogen-bond acceptors (Lipinski definition) is 5. The molecule has 0 radical (unpaired) electrons. The maximum Gasteiger partial charge on any atom is 0.247 e. The second kappa shape index (κ2) is 8.70. The van der Waals surface area contributed by atoms with Gasteiger partial charge in [-0.15, -0.1) is 0 Å². The van der Waals surface area contributed by atoms with E-state index in [1.165, 1.54) is 9.21 Å². The molecule has 33 heavy (non-hydrogen) atoms. The van der Waals surface area contributed by atoms with E-state index < -0.39 is 16.1 Å². The molecule has 0 aromatic heterocycles.